The highest BCUT2D eigenvalue weighted by molar-refractivity contribution is 5.93. The topological polar surface area (TPSA) is 73.4 Å². The molecule has 1 saturated heterocycles. The van der Waals surface area contributed by atoms with Crippen molar-refractivity contribution in [1.82, 2.24) is 20.2 Å². The van der Waals surface area contributed by atoms with Crippen molar-refractivity contribution in [3.8, 4) is 0 Å². The zero-order valence-electron chi connectivity index (χ0n) is 17.0. The van der Waals surface area contributed by atoms with Crippen molar-refractivity contribution >= 4 is 23.2 Å². The number of likely N-dealkylation sites (N-methyl/N-ethyl adjacent to an activating group) is 1. The third-order valence-corrected chi connectivity index (χ3v) is 5.03. The highest BCUT2D eigenvalue weighted by Gasteiger charge is 2.15. The van der Waals surface area contributed by atoms with Crippen LogP contribution in [0.4, 0.5) is 17.3 Å². The average Bonchev–Trinajstić information content (AvgIpc) is 2.69. The highest BCUT2D eigenvalue weighted by atomic mass is 16.1. The molecule has 0 unspecified atom stereocenters. The average molecular weight is 383 g/mol. The third-order valence-electron chi connectivity index (χ3n) is 5.03. The number of carbonyl (C=O) groups is 1. The summed E-state index contributed by atoms with van der Waals surface area (Å²) < 4.78 is 0. The van der Waals surface area contributed by atoms with Gasteiger partial charge in [-0.15, -0.1) is 0 Å². The van der Waals surface area contributed by atoms with Gasteiger partial charge in [-0.05, 0) is 57.1 Å². The summed E-state index contributed by atoms with van der Waals surface area (Å²) in [5.41, 5.74) is 2.64. The minimum absolute atomic E-state index is 0.159. The molecule has 2 N–H and O–H groups in total. The second kappa shape index (κ2) is 9.50. The van der Waals surface area contributed by atoms with Crippen LogP contribution < -0.4 is 15.5 Å². The number of nitrogens with one attached hydrogen (secondary N) is 2. The van der Waals surface area contributed by atoms with Gasteiger partial charge in [-0.25, -0.2) is 9.97 Å². The van der Waals surface area contributed by atoms with E-state index < -0.39 is 0 Å². The van der Waals surface area contributed by atoms with E-state index in [-0.39, 0.29) is 5.91 Å². The maximum Gasteiger partial charge on any atom is 0.254 e. The van der Waals surface area contributed by atoms with Crippen molar-refractivity contribution < 1.29 is 4.79 Å². The Morgan fingerprint density at radius 2 is 1.79 bits per heavy atom. The molecule has 1 aliphatic rings. The van der Waals surface area contributed by atoms with E-state index in [1.165, 1.54) is 18.5 Å². The quantitative estimate of drug-likeness (QED) is 0.767. The first-order chi connectivity index (χ1) is 13.5. The van der Waals surface area contributed by atoms with Gasteiger partial charge in [0.1, 0.15) is 0 Å². The first-order valence-electron chi connectivity index (χ1n) is 9.88. The smallest absolute Gasteiger partial charge is 0.254 e. The molecule has 1 fully saturated rings. The van der Waals surface area contributed by atoms with Gasteiger partial charge in [0.05, 0.1) is 5.56 Å². The van der Waals surface area contributed by atoms with Crippen LogP contribution >= 0.6 is 0 Å². The molecule has 7 nitrogen and oxygen atoms in total. The molecule has 1 aromatic carbocycles. The van der Waals surface area contributed by atoms with Crippen molar-refractivity contribution in [2.45, 2.75) is 19.8 Å². The van der Waals surface area contributed by atoms with Crippen LogP contribution in [-0.4, -0.2) is 61.0 Å². The van der Waals surface area contributed by atoms with E-state index >= 15 is 0 Å². The number of hydrogen-bond acceptors (Lipinski definition) is 6. The third kappa shape index (κ3) is 5.66. The SMILES string of the molecule is CC1CCN(c2ccc(Nc3ncc(C(=O)NCCN(C)C)cn3)cc2)CC1. The molecule has 28 heavy (non-hydrogen) atoms. The van der Waals surface area contributed by atoms with E-state index in [0.717, 1.165) is 31.2 Å². The second-order valence-electron chi connectivity index (χ2n) is 7.70. The van der Waals surface area contributed by atoms with Crippen molar-refractivity contribution in [2.24, 2.45) is 5.92 Å². The highest BCUT2D eigenvalue weighted by Crippen LogP contribution is 2.24. The lowest BCUT2D eigenvalue weighted by atomic mass is 9.99. The Bertz CT molecular complexity index is 751. The fraction of sp³-hybridized carbons (Fsp3) is 0.476. The summed E-state index contributed by atoms with van der Waals surface area (Å²) in [4.78, 5) is 25.0. The Morgan fingerprint density at radius 1 is 1.14 bits per heavy atom. The molecule has 1 aromatic heterocycles. The van der Waals surface area contributed by atoms with Crippen LogP contribution in [0.2, 0.25) is 0 Å². The van der Waals surface area contributed by atoms with E-state index in [1.807, 2.05) is 31.1 Å². The monoisotopic (exact) mass is 382 g/mol. The minimum atomic E-state index is -0.159. The van der Waals surface area contributed by atoms with Crippen LogP contribution in [0.15, 0.2) is 36.7 Å². The van der Waals surface area contributed by atoms with Gasteiger partial charge in [-0.1, -0.05) is 6.92 Å². The summed E-state index contributed by atoms with van der Waals surface area (Å²) in [6.45, 7) is 5.94. The molecule has 0 saturated carbocycles. The van der Waals surface area contributed by atoms with Gasteiger partial charge in [-0.2, -0.15) is 0 Å². The van der Waals surface area contributed by atoms with E-state index in [2.05, 4.69) is 44.6 Å². The molecular weight excluding hydrogens is 352 g/mol. The van der Waals surface area contributed by atoms with Gasteiger partial charge in [0.2, 0.25) is 5.95 Å². The summed E-state index contributed by atoms with van der Waals surface area (Å²) in [5.74, 6) is 1.14. The number of hydrogen-bond donors (Lipinski definition) is 2. The Hall–Kier alpha value is -2.67. The van der Waals surface area contributed by atoms with E-state index in [9.17, 15) is 4.79 Å². The summed E-state index contributed by atoms with van der Waals surface area (Å²) in [6, 6.07) is 8.34. The number of nitrogens with zero attached hydrogens (tertiary/aromatic N) is 4. The number of carbonyl (C=O) groups excluding carboxylic acids is 1. The predicted octanol–water partition coefficient (Wildman–Crippen LogP) is 2.75. The van der Waals surface area contributed by atoms with Gasteiger partial charge >= 0.3 is 0 Å². The fourth-order valence-electron chi connectivity index (χ4n) is 3.16. The van der Waals surface area contributed by atoms with Crippen LogP contribution in [0.5, 0.6) is 0 Å². The number of amides is 1. The molecule has 150 valence electrons. The van der Waals surface area contributed by atoms with Crippen LogP contribution in [-0.2, 0) is 0 Å². The lowest BCUT2D eigenvalue weighted by Gasteiger charge is -2.32. The molecular formula is C21H30N6O. The summed E-state index contributed by atoms with van der Waals surface area (Å²) in [6.07, 6.45) is 5.60. The zero-order valence-corrected chi connectivity index (χ0v) is 17.0. The van der Waals surface area contributed by atoms with Crippen LogP contribution in [0, 0.1) is 5.92 Å². The Kier molecular flexibility index (Phi) is 6.81. The molecule has 0 spiro atoms. The molecule has 1 aliphatic heterocycles. The summed E-state index contributed by atoms with van der Waals surface area (Å²) in [5, 5.41) is 6.04. The van der Waals surface area contributed by atoms with E-state index in [1.54, 1.807) is 12.4 Å². The Balaban J connectivity index is 1.53. The van der Waals surface area contributed by atoms with E-state index in [0.29, 0.717) is 18.1 Å². The normalized spacial score (nSPS) is 14.9. The molecule has 0 radical (unpaired) electrons. The lowest BCUT2D eigenvalue weighted by molar-refractivity contribution is 0.0950. The largest absolute Gasteiger partial charge is 0.372 e. The van der Waals surface area contributed by atoms with Gasteiger partial charge in [0, 0.05) is 49.9 Å². The first-order valence-corrected chi connectivity index (χ1v) is 9.88. The van der Waals surface area contributed by atoms with Crippen molar-refractivity contribution in [3.05, 3.63) is 42.2 Å². The minimum Gasteiger partial charge on any atom is -0.372 e. The molecule has 7 heteroatoms. The predicted molar refractivity (Wildman–Crippen MR) is 113 cm³/mol. The zero-order chi connectivity index (χ0) is 19.9. The molecule has 0 aliphatic carbocycles. The fourth-order valence-corrected chi connectivity index (χ4v) is 3.16. The summed E-state index contributed by atoms with van der Waals surface area (Å²) >= 11 is 0. The van der Waals surface area contributed by atoms with Crippen molar-refractivity contribution in [3.63, 3.8) is 0 Å². The van der Waals surface area contributed by atoms with Crippen molar-refractivity contribution in [1.29, 1.82) is 0 Å². The number of anilines is 3. The number of benzene rings is 1. The number of piperidine rings is 1. The Morgan fingerprint density at radius 3 is 2.39 bits per heavy atom. The van der Waals surface area contributed by atoms with Gasteiger partial charge in [0.15, 0.2) is 0 Å². The first kappa shape index (κ1) is 20.1. The molecule has 2 heterocycles. The second-order valence-corrected chi connectivity index (χ2v) is 7.70. The number of rotatable bonds is 7. The van der Waals surface area contributed by atoms with E-state index in [4.69, 9.17) is 0 Å². The molecule has 1 amide bonds. The lowest BCUT2D eigenvalue weighted by Crippen LogP contribution is -2.32. The number of aromatic nitrogens is 2. The molecule has 0 bridgehead atoms. The van der Waals surface area contributed by atoms with Gasteiger partial charge in [0.25, 0.3) is 5.91 Å². The standard InChI is InChI=1S/C21H30N6O/c1-16-8-11-27(12-9-16)19-6-4-18(5-7-19)25-21-23-14-17(15-24-21)20(28)22-10-13-26(2)3/h4-7,14-16H,8-13H2,1-3H3,(H,22,28)(H,23,24,25). The van der Waals surface area contributed by atoms with Crippen LogP contribution in [0.1, 0.15) is 30.1 Å². The van der Waals surface area contributed by atoms with Gasteiger partial charge in [-0.3, -0.25) is 4.79 Å². The van der Waals surface area contributed by atoms with Crippen LogP contribution in [0.25, 0.3) is 0 Å². The Labute approximate surface area is 167 Å². The maximum absolute atomic E-state index is 12.1. The van der Waals surface area contributed by atoms with Crippen LogP contribution in [0.3, 0.4) is 0 Å². The molecule has 0 atom stereocenters. The van der Waals surface area contributed by atoms with Gasteiger partial charge < -0.3 is 20.4 Å². The summed E-state index contributed by atoms with van der Waals surface area (Å²) in [7, 11) is 3.94. The molecule has 2 aromatic rings. The maximum atomic E-state index is 12.1. The molecule has 3 rings (SSSR count). The van der Waals surface area contributed by atoms with Crippen molar-refractivity contribution in [2.75, 3.05) is 50.5 Å².